The number of rotatable bonds is 3. The lowest BCUT2D eigenvalue weighted by molar-refractivity contribution is -0.175. The lowest BCUT2D eigenvalue weighted by atomic mass is 9.61. The van der Waals surface area contributed by atoms with E-state index in [-0.39, 0.29) is 34.7 Å². The van der Waals surface area contributed by atoms with Crippen LogP contribution in [0.15, 0.2) is 18.2 Å². The number of halogens is 3. The van der Waals surface area contributed by atoms with Crippen molar-refractivity contribution in [2.45, 2.75) is 57.4 Å². The molecule has 1 aromatic carbocycles. The molecule has 0 bridgehead atoms. The van der Waals surface area contributed by atoms with Crippen LogP contribution in [0.4, 0.5) is 13.2 Å². The van der Waals surface area contributed by atoms with Gasteiger partial charge in [0.25, 0.3) is 0 Å². The molecule has 2 aliphatic carbocycles. The van der Waals surface area contributed by atoms with Gasteiger partial charge in [0.1, 0.15) is 11.9 Å². The Hall–Kier alpha value is -1.76. The SMILES string of the molecule is Cc1c(OC2CC3(C2)CN(C(=O)C2CC(C)(O)C2)C3)cccc1C(F)(F)F. The van der Waals surface area contributed by atoms with Crippen molar-refractivity contribution in [1.29, 1.82) is 0 Å². The summed E-state index contributed by atoms with van der Waals surface area (Å²) in [7, 11) is 0. The maximum Gasteiger partial charge on any atom is 0.416 e. The summed E-state index contributed by atoms with van der Waals surface area (Å²) in [6, 6.07) is 4.02. The molecule has 1 amide bonds. The van der Waals surface area contributed by atoms with E-state index in [1.54, 1.807) is 13.0 Å². The molecule has 3 fully saturated rings. The van der Waals surface area contributed by atoms with Gasteiger partial charge in [-0.25, -0.2) is 0 Å². The van der Waals surface area contributed by atoms with Crippen LogP contribution < -0.4 is 4.74 Å². The van der Waals surface area contributed by atoms with Gasteiger partial charge in [-0.15, -0.1) is 0 Å². The van der Waals surface area contributed by atoms with Crippen LogP contribution in [0.2, 0.25) is 0 Å². The molecule has 2 saturated carbocycles. The minimum atomic E-state index is -4.38. The lowest BCUT2D eigenvalue weighted by Gasteiger charge is -2.59. The summed E-state index contributed by atoms with van der Waals surface area (Å²) in [6.07, 6.45) is -1.92. The second-order valence-corrected chi connectivity index (χ2v) is 8.87. The Labute approximate surface area is 156 Å². The molecule has 1 spiro atoms. The van der Waals surface area contributed by atoms with Crippen molar-refractivity contribution in [3.8, 4) is 5.75 Å². The van der Waals surface area contributed by atoms with Crippen molar-refractivity contribution < 1.29 is 27.8 Å². The molecule has 4 nitrogen and oxygen atoms in total. The number of alkyl halides is 3. The number of ether oxygens (including phenoxy) is 1. The van der Waals surface area contributed by atoms with Gasteiger partial charge in [0.05, 0.1) is 11.2 Å². The number of hydrogen-bond acceptors (Lipinski definition) is 3. The summed E-state index contributed by atoms with van der Waals surface area (Å²) in [4.78, 5) is 14.2. The number of likely N-dealkylation sites (tertiary alicyclic amines) is 1. The third-order valence-corrected chi connectivity index (χ3v) is 6.29. The van der Waals surface area contributed by atoms with Gasteiger partial charge in [0, 0.05) is 30.0 Å². The summed E-state index contributed by atoms with van der Waals surface area (Å²) < 4.78 is 44.8. The van der Waals surface area contributed by atoms with Gasteiger partial charge in [-0.1, -0.05) is 6.07 Å². The van der Waals surface area contributed by atoms with Gasteiger partial charge in [-0.3, -0.25) is 4.79 Å². The number of amides is 1. The number of carbonyl (C=O) groups is 1. The Balaban J connectivity index is 1.29. The predicted molar refractivity (Wildman–Crippen MR) is 92.2 cm³/mol. The molecule has 1 N–H and O–H groups in total. The molecule has 0 atom stereocenters. The Bertz CT molecular complexity index is 752. The molecule has 1 saturated heterocycles. The van der Waals surface area contributed by atoms with Crippen LogP contribution in [0.5, 0.6) is 5.75 Å². The van der Waals surface area contributed by atoms with Crippen LogP contribution in [-0.2, 0) is 11.0 Å². The van der Waals surface area contributed by atoms with Crippen LogP contribution >= 0.6 is 0 Å². The monoisotopic (exact) mass is 383 g/mol. The maximum atomic E-state index is 13.0. The highest BCUT2D eigenvalue weighted by Crippen LogP contribution is 2.51. The van der Waals surface area contributed by atoms with E-state index in [0.717, 1.165) is 18.9 Å². The molecule has 1 aliphatic heterocycles. The number of nitrogens with zero attached hydrogens (tertiary/aromatic N) is 1. The lowest BCUT2D eigenvalue weighted by Crippen LogP contribution is -2.67. The van der Waals surface area contributed by atoms with Crippen LogP contribution in [-0.4, -0.2) is 40.7 Å². The third-order valence-electron chi connectivity index (χ3n) is 6.29. The van der Waals surface area contributed by atoms with Crippen molar-refractivity contribution in [1.82, 2.24) is 4.90 Å². The molecule has 7 heteroatoms. The topological polar surface area (TPSA) is 49.8 Å². The van der Waals surface area contributed by atoms with E-state index >= 15 is 0 Å². The first-order valence-corrected chi connectivity index (χ1v) is 9.33. The minimum Gasteiger partial charge on any atom is -0.490 e. The van der Waals surface area contributed by atoms with Crippen molar-refractivity contribution in [3.05, 3.63) is 29.3 Å². The molecule has 4 rings (SSSR count). The van der Waals surface area contributed by atoms with Gasteiger partial charge < -0.3 is 14.7 Å². The third kappa shape index (κ3) is 3.30. The van der Waals surface area contributed by atoms with E-state index in [9.17, 15) is 23.1 Å². The first-order valence-electron chi connectivity index (χ1n) is 9.33. The quantitative estimate of drug-likeness (QED) is 0.869. The van der Waals surface area contributed by atoms with Gasteiger partial charge in [0.15, 0.2) is 0 Å². The van der Waals surface area contributed by atoms with Crippen LogP contribution in [0.25, 0.3) is 0 Å². The van der Waals surface area contributed by atoms with Gasteiger partial charge >= 0.3 is 6.18 Å². The number of benzene rings is 1. The minimum absolute atomic E-state index is 0.0577. The Morgan fingerprint density at radius 3 is 2.41 bits per heavy atom. The fourth-order valence-corrected chi connectivity index (χ4v) is 4.83. The fourth-order valence-electron chi connectivity index (χ4n) is 4.83. The predicted octanol–water partition coefficient (Wildman–Crippen LogP) is 3.54. The first kappa shape index (κ1) is 18.6. The van der Waals surface area contributed by atoms with E-state index in [1.165, 1.54) is 13.0 Å². The van der Waals surface area contributed by atoms with Crippen molar-refractivity contribution in [3.63, 3.8) is 0 Å². The number of carbonyl (C=O) groups excluding carboxylic acids is 1. The molecular formula is C20H24F3NO3. The molecule has 0 aromatic heterocycles. The Kier molecular flexibility index (Phi) is 4.04. The molecule has 148 valence electrons. The molecular weight excluding hydrogens is 359 g/mol. The zero-order chi connectivity index (χ0) is 19.6. The van der Waals surface area contributed by atoms with E-state index in [4.69, 9.17) is 4.74 Å². The second-order valence-electron chi connectivity index (χ2n) is 8.87. The summed E-state index contributed by atoms with van der Waals surface area (Å²) in [5.74, 6) is 0.330. The average Bonchev–Trinajstić information content (AvgIpc) is 2.45. The summed E-state index contributed by atoms with van der Waals surface area (Å²) in [5.41, 5.74) is -1.19. The standard InChI is InChI=1S/C20H24F3NO3/c1-12-15(20(21,22)23)4-3-5-16(12)27-14-8-19(9-14)10-24(11-19)17(25)13-6-18(2,26)7-13/h3-5,13-14,26H,6-11H2,1-2H3. The van der Waals surface area contributed by atoms with E-state index in [2.05, 4.69) is 0 Å². The largest absolute Gasteiger partial charge is 0.490 e. The fraction of sp³-hybridized carbons (Fsp3) is 0.650. The van der Waals surface area contributed by atoms with E-state index < -0.39 is 17.3 Å². The van der Waals surface area contributed by atoms with Crippen molar-refractivity contribution in [2.24, 2.45) is 11.3 Å². The molecule has 27 heavy (non-hydrogen) atoms. The zero-order valence-corrected chi connectivity index (χ0v) is 15.5. The Morgan fingerprint density at radius 1 is 1.22 bits per heavy atom. The molecule has 3 aliphatic rings. The molecule has 1 aromatic rings. The van der Waals surface area contributed by atoms with Gasteiger partial charge in [-0.2, -0.15) is 13.2 Å². The molecule has 0 unspecified atom stereocenters. The second kappa shape index (κ2) is 5.87. The summed E-state index contributed by atoms with van der Waals surface area (Å²) >= 11 is 0. The smallest absolute Gasteiger partial charge is 0.416 e. The average molecular weight is 383 g/mol. The van der Waals surface area contributed by atoms with Gasteiger partial charge in [-0.05, 0) is 51.7 Å². The Morgan fingerprint density at radius 2 is 1.85 bits per heavy atom. The number of aliphatic hydroxyl groups is 1. The summed E-state index contributed by atoms with van der Waals surface area (Å²) in [6.45, 7) is 4.56. The molecule has 0 radical (unpaired) electrons. The summed E-state index contributed by atoms with van der Waals surface area (Å²) in [5, 5.41) is 9.77. The highest BCUT2D eigenvalue weighted by molar-refractivity contribution is 5.81. The molecule has 1 heterocycles. The number of hydrogen-bond donors (Lipinski definition) is 1. The zero-order valence-electron chi connectivity index (χ0n) is 15.5. The highest BCUT2D eigenvalue weighted by atomic mass is 19.4. The first-order chi connectivity index (χ1) is 12.5. The van der Waals surface area contributed by atoms with Gasteiger partial charge in [0.2, 0.25) is 5.91 Å². The normalized spacial score (nSPS) is 29.7. The van der Waals surface area contributed by atoms with Crippen molar-refractivity contribution in [2.75, 3.05) is 13.1 Å². The maximum absolute atomic E-state index is 13.0. The van der Waals surface area contributed by atoms with E-state index in [0.29, 0.717) is 25.9 Å². The van der Waals surface area contributed by atoms with E-state index in [1.807, 2.05) is 4.90 Å². The highest BCUT2D eigenvalue weighted by Gasteiger charge is 2.56. The van der Waals surface area contributed by atoms with Crippen LogP contribution in [0.1, 0.15) is 43.7 Å². The van der Waals surface area contributed by atoms with Crippen molar-refractivity contribution >= 4 is 5.91 Å². The van der Waals surface area contributed by atoms with Crippen LogP contribution in [0, 0.1) is 18.3 Å². The van der Waals surface area contributed by atoms with Crippen LogP contribution in [0.3, 0.4) is 0 Å².